The van der Waals surface area contributed by atoms with Gasteiger partial charge in [0, 0.05) is 30.9 Å². The van der Waals surface area contributed by atoms with Gasteiger partial charge in [0.15, 0.2) is 0 Å². The van der Waals surface area contributed by atoms with E-state index in [0.29, 0.717) is 6.04 Å². The predicted molar refractivity (Wildman–Crippen MR) is 84.3 cm³/mol. The van der Waals surface area contributed by atoms with Gasteiger partial charge >= 0.3 is 0 Å². The largest absolute Gasteiger partial charge is 0.384 e. The van der Waals surface area contributed by atoms with Gasteiger partial charge in [-0.25, -0.2) is 0 Å². The van der Waals surface area contributed by atoms with Crippen LogP contribution in [0.2, 0.25) is 0 Å². The maximum Gasteiger partial charge on any atom is 0.0573 e. The second-order valence-electron chi connectivity index (χ2n) is 4.71. The number of aromatic nitrogens is 1. The summed E-state index contributed by atoms with van der Waals surface area (Å²) in [5, 5.41) is 5.43. The molecule has 0 saturated heterocycles. The van der Waals surface area contributed by atoms with Gasteiger partial charge in [-0.15, -0.1) is 11.3 Å². The van der Waals surface area contributed by atoms with E-state index in [4.69, 9.17) is 0 Å². The number of hydrogen-bond acceptors (Lipinski definition) is 4. The zero-order chi connectivity index (χ0) is 13.7. The smallest absolute Gasteiger partial charge is 0.0573 e. The molecule has 2 heterocycles. The summed E-state index contributed by atoms with van der Waals surface area (Å²) in [4.78, 5) is 8.01. The van der Waals surface area contributed by atoms with Crippen LogP contribution in [0.1, 0.15) is 18.7 Å². The van der Waals surface area contributed by atoms with E-state index in [1.165, 1.54) is 4.88 Å². The summed E-state index contributed by atoms with van der Waals surface area (Å²) in [6.07, 6.45) is 4.86. The van der Waals surface area contributed by atoms with E-state index in [2.05, 4.69) is 59.7 Å². The second kappa shape index (κ2) is 6.57. The molecule has 0 aliphatic heterocycles. The van der Waals surface area contributed by atoms with Crippen molar-refractivity contribution in [1.82, 2.24) is 4.98 Å². The molecule has 3 nitrogen and oxygen atoms in total. The molecule has 1 unspecified atom stereocenters. The highest BCUT2D eigenvalue weighted by atomic mass is 32.1. The van der Waals surface area contributed by atoms with Crippen LogP contribution in [0.4, 0.5) is 11.4 Å². The lowest BCUT2D eigenvalue weighted by Crippen LogP contribution is -2.30. The van der Waals surface area contributed by atoms with E-state index < -0.39 is 0 Å². The van der Waals surface area contributed by atoms with E-state index in [9.17, 15) is 0 Å². The molecule has 1 atom stereocenters. The van der Waals surface area contributed by atoms with Gasteiger partial charge in [-0.3, -0.25) is 4.98 Å². The number of rotatable bonds is 6. The highest BCUT2D eigenvalue weighted by Crippen LogP contribution is 2.21. The Kier molecular flexibility index (Phi) is 4.80. The topological polar surface area (TPSA) is 28.2 Å². The van der Waals surface area contributed by atoms with Crippen molar-refractivity contribution in [2.75, 3.05) is 23.8 Å². The van der Waals surface area contributed by atoms with Crippen molar-refractivity contribution >= 4 is 22.7 Å². The van der Waals surface area contributed by atoms with Crippen molar-refractivity contribution in [2.45, 2.75) is 26.3 Å². The fourth-order valence-corrected chi connectivity index (χ4v) is 2.86. The lowest BCUT2D eigenvalue weighted by atomic mass is 10.1. The van der Waals surface area contributed by atoms with Crippen LogP contribution in [0.25, 0.3) is 0 Å². The van der Waals surface area contributed by atoms with E-state index >= 15 is 0 Å². The number of anilines is 2. The third-order valence-electron chi connectivity index (χ3n) is 3.25. The van der Waals surface area contributed by atoms with Crippen LogP contribution in [0.3, 0.4) is 0 Å². The van der Waals surface area contributed by atoms with E-state index in [1.54, 1.807) is 0 Å². The zero-order valence-corrected chi connectivity index (χ0v) is 12.6. The number of pyridine rings is 1. The highest BCUT2D eigenvalue weighted by Gasteiger charge is 2.12. The molecule has 0 saturated carbocycles. The monoisotopic (exact) mass is 275 g/mol. The minimum absolute atomic E-state index is 0.456. The Hall–Kier alpha value is -1.55. The predicted octanol–water partition coefficient (Wildman–Crippen LogP) is 3.64. The first-order chi connectivity index (χ1) is 9.20. The minimum atomic E-state index is 0.456. The van der Waals surface area contributed by atoms with Gasteiger partial charge in [0.25, 0.3) is 0 Å². The Labute approximate surface area is 119 Å². The van der Waals surface area contributed by atoms with Gasteiger partial charge < -0.3 is 10.2 Å². The molecule has 1 N–H and O–H groups in total. The molecule has 0 amide bonds. The molecule has 0 aliphatic rings. The lowest BCUT2D eigenvalue weighted by Gasteiger charge is -2.26. The Morgan fingerprint density at radius 3 is 2.95 bits per heavy atom. The van der Waals surface area contributed by atoms with Crippen molar-refractivity contribution in [3.05, 3.63) is 40.8 Å². The van der Waals surface area contributed by atoms with Crippen molar-refractivity contribution in [3.63, 3.8) is 0 Å². The molecule has 102 valence electrons. The van der Waals surface area contributed by atoms with Crippen molar-refractivity contribution in [2.24, 2.45) is 0 Å². The quantitative estimate of drug-likeness (QED) is 0.872. The maximum absolute atomic E-state index is 4.30. The van der Waals surface area contributed by atoms with Gasteiger partial charge in [0.1, 0.15) is 0 Å². The highest BCUT2D eigenvalue weighted by molar-refractivity contribution is 7.09. The zero-order valence-electron chi connectivity index (χ0n) is 11.8. The molecule has 0 radical (unpaired) electrons. The summed E-state index contributed by atoms with van der Waals surface area (Å²) in [5.74, 6) is 0. The molecule has 2 aromatic rings. The maximum atomic E-state index is 4.30. The van der Waals surface area contributed by atoms with E-state index in [-0.39, 0.29) is 0 Å². The molecule has 0 aromatic carbocycles. The number of likely N-dealkylation sites (N-methyl/N-ethyl adjacent to an activating group) is 1. The summed E-state index contributed by atoms with van der Waals surface area (Å²) in [6, 6.07) is 6.92. The number of nitrogens with one attached hydrogen (secondary N) is 1. The SMILES string of the molecule is CCNc1cncc(N(C)C(C)Cc2cccs2)c1. The molecule has 0 bridgehead atoms. The third kappa shape index (κ3) is 3.70. The summed E-state index contributed by atoms with van der Waals surface area (Å²) in [5.41, 5.74) is 2.23. The number of nitrogens with zero attached hydrogens (tertiary/aromatic N) is 2. The summed E-state index contributed by atoms with van der Waals surface area (Å²) >= 11 is 1.82. The van der Waals surface area contributed by atoms with E-state index in [0.717, 1.165) is 24.3 Å². The normalized spacial score (nSPS) is 12.2. The Balaban J connectivity index is 2.05. The summed E-state index contributed by atoms with van der Waals surface area (Å²) < 4.78 is 0. The molecule has 0 aliphatic carbocycles. The fourth-order valence-electron chi connectivity index (χ4n) is 2.03. The summed E-state index contributed by atoms with van der Waals surface area (Å²) in [6.45, 7) is 5.26. The molecule has 4 heteroatoms. The van der Waals surface area contributed by atoms with Crippen molar-refractivity contribution < 1.29 is 0 Å². The average molecular weight is 275 g/mol. The first-order valence-electron chi connectivity index (χ1n) is 6.65. The van der Waals surface area contributed by atoms with Crippen LogP contribution in [-0.2, 0) is 6.42 Å². The first kappa shape index (κ1) is 13.9. The Bertz CT molecular complexity index is 496. The van der Waals surface area contributed by atoms with Crippen molar-refractivity contribution in [1.29, 1.82) is 0 Å². The second-order valence-corrected chi connectivity index (χ2v) is 5.74. The Morgan fingerprint density at radius 1 is 1.42 bits per heavy atom. The molecule has 0 spiro atoms. The molecule has 2 rings (SSSR count). The molecular formula is C15H21N3S. The number of thiophene rings is 1. The first-order valence-corrected chi connectivity index (χ1v) is 7.52. The van der Waals surface area contributed by atoms with Gasteiger partial charge in [0.2, 0.25) is 0 Å². The standard InChI is InChI=1S/C15H21N3S/c1-4-17-13-9-14(11-16-10-13)18(3)12(2)8-15-6-5-7-19-15/h5-7,9-12,17H,4,8H2,1-3H3. The van der Waals surface area contributed by atoms with Gasteiger partial charge in [0.05, 0.1) is 23.8 Å². The molecular weight excluding hydrogens is 254 g/mol. The van der Waals surface area contributed by atoms with Crippen LogP contribution in [0, 0.1) is 0 Å². The lowest BCUT2D eigenvalue weighted by molar-refractivity contribution is 0.687. The van der Waals surface area contributed by atoms with Crippen molar-refractivity contribution in [3.8, 4) is 0 Å². The van der Waals surface area contributed by atoms with Crippen LogP contribution in [0.15, 0.2) is 36.0 Å². The van der Waals surface area contributed by atoms with Gasteiger partial charge in [-0.1, -0.05) is 6.07 Å². The molecule has 2 aromatic heterocycles. The number of hydrogen-bond donors (Lipinski definition) is 1. The van der Waals surface area contributed by atoms with Crippen LogP contribution in [0.5, 0.6) is 0 Å². The fraction of sp³-hybridized carbons (Fsp3) is 0.400. The van der Waals surface area contributed by atoms with E-state index in [1.807, 2.05) is 23.7 Å². The third-order valence-corrected chi connectivity index (χ3v) is 4.15. The molecule has 0 fully saturated rings. The Morgan fingerprint density at radius 2 is 2.26 bits per heavy atom. The summed E-state index contributed by atoms with van der Waals surface area (Å²) in [7, 11) is 2.13. The average Bonchev–Trinajstić information content (AvgIpc) is 2.91. The molecule has 19 heavy (non-hydrogen) atoms. The minimum Gasteiger partial charge on any atom is -0.384 e. The van der Waals surface area contributed by atoms with Crippen LogP contribution >= 0.6 is 11.3 Å². The van der Waals surface area contributed by atoms with Gasteiger partial charge in [-0.2, -0.15) is 0 Å². The van der Waals surface area contributed by atoms with Gasteiger partial charge in [-0.05, 0) is 31.4 Å². The van der Waals surface area contributed by atoms with Crippen LogP contribution < -0.4 is 10.2 Å². The van der Waals surface area contributed by atoms with Crippen LogP contribution in [-0.4, -0.2) is 24.6 Å².